The van der Waals surface area contributed by atoms with E-state index in [0.717, 1.165) is 12.5 Å². The molecule has 100 valence electrons. The molecule has 0 bridgehead atoms. The van der Waals surface area contributed by atoms with Gasteiger partial charge in [0.15, 0.2) is 0 Å². The van der Waals surface area contributed by atoms with E-state index < -0.39 is 0 Å². The first-order valence-electron chi connectivity index (χ1n) is 6.63. The van der Waals surface area contributed by atoms with E-state index in [1.54, 1.807) is 0 Å². The molecule has 1 rings (SSSR count). The van der Waals surface area contributed by atoms with Gasteiger partial charge in [0.2, 0.25) is 5.91 Å². The predicted octanol–water partition coefficient (Wildman–Crippen LogP) is 0.962. The standard InChI is InChI=1S/C13H27N3O/c1-11-5-4-7-13(9-11,16(2)3)10-15-8-6-12(14)17/h11,15H,4-10H2,1-3H3,(H2,14,17). The Hall–Kier alpha value is -0.610. The summed E-state index contributed by atoms with van der Waals surface area (Å²) in [6.07, 6.45) is 5.56. The maximum Gasteiger partial charge on any atom is 0.218 e. The van der Waals surface area contributed by atoms with Gasteiger partial charge in [0.1, 0.15) is 0 Å². The van der Waals surface area contributed by atoms with Crippen LogP contribution in [0, 0.1) is 5.92 Å². The minimum absolute atomic E-state index is 0.228. The third-order valence-electron chi connectivity index (χ3n) is 4.02. The molecule has 0 aromatic heterocycles. The fourth-order valence-corrected chi connectivity index (χ4v) is 2.89. The van der Waals surface area contributed by atoms with Crippen molar-refractivity contribution >= 4 is 5.91 Å². The Morgan fingerprint density at radius 1 is 1.53 bits per heavy atom. The highest BCUT2D eigenvalue weighted by atomic mass is 16.1. The molecular weight excluding hydrogens is 214 g/mol. The lowest BCUT2D eigenvalue weighted by molar-refractivity contribution is -0.117. The van der Waals surface area contributed by atoms with Gasteiger partial charge in [0, 0.05) is 25.0 Å². The van der Waals surface area contributed by atoms with E-state index >= 15 is 0 Å². The Labute approximate surface area is 105 Å². The van der Waals surface area contributed by atoms with Crippen molar-refractivity contribution in [2.24, 2.45) is 11.7 Å². The van der Waals surface area contributed by atoms with Crippen LogP contribution < -0.4 is 11.1 Å². The number of primary amides is 1. The molecule has 0 saturated heterocycles. The molecule has 1 amide bonds. The maximum atomic E-state index is 10.7. The summed E-state index contributed by atoms with van der Waals surface area (Å²) in [6, 6.07) is 0. The Balaban J connectivity index is 2.45. The van der Waals surface area contributed by atoms with Crippen LogP contribution in [0.5, 0.6) is 0 Å². The number of carbonyl (C=O) groups is 1. The number of hydrogen-bond donors (Lipinski definition) is 2. The topological polar surface area (TPSA) is 58.4 Å². The number of nitrogens with one attached hydrogen (secondary N) is 1. The minimum Gasteiger partial charge on any atom is -0.370 e. The highest BCUT2D eigenvalue weighted by Gasteiger charge is 2.36. The molecule has 2 atom stereocenters. The summed E-state index contributed by atoms with van der Waals surface area (Å²) >= 11 is 0. The first-order chi connectivity index (χ1) is 7.96. The van der Waals surface area contributed by atoms with Crippen molar-refractivity contribution in [1.82, 2.24) is 10.2 Å². The van der Waals surface area contributed by atoms with Gasteiger partial charge in [0.05, 0.1) is 0 Å². The van der Waals surface area contributed by atoms with E-state index in [9.17, 15) is 4.79 Å². The van der Waals surface area contributed by atoms with E-state index in [4.69, 9.17) is 5.73 Å². The number of rotatable bonds is 6. The van der Waals surface area contributed by atoms with Gasteiger partial charge in [0.25, 0.3) is 0 Å². The van der Waals surface area contributed by atoms with E-state index in [2.05, 4.69) is 31.2 Å². The van der Waals surface area contributed by atoms with Crippen molar-refractivity contribution in [2.45, 2.75) is 44.6 Å². The van der Waals surface area contributed by atoms with Gasteiger partial charge in [-0.3, -0.25) is 4.79 Å². The maximum absolute atomic E-state index is 10.7. The second-order valence-electron chi connectivity index (χ2n) is 5.71. The number of likely N-dealkylation sites (N-methyl/N-ethyl adjacent to an activating group) is 1. The van der Waals surface area contributed by atoms with Crippen molar-refractivity contribution < 1.29 is 4.79 Å². The highest BCUT2D eigenvalue weighted by Crippen LogP contribution is 2.35. The number of amides is 1. The fraction of sp³-hybridized carbons (Fsp3) is 0.923. The van der Waals surface area contributed by atoms with E-state index in [-0.39, 0.29) is 11.4 Å². The SMILES string of the molecule is CC1CCCC(CNCCC(N)=O)(N(C)C)C1. The quantitative estimate of drug-likeness (QED) is 0.681. The highest BCUT2D eigenvalue weighted by molar-refractivity contribution is 5.73. The van der Waals surface area contributed by atoms with Gasteiger partial charge in [-0.25, -0.2) is 0 Å². The van der Waals surface area contributed by atoms with Crippen LogP contribution in [0.1, 0.15) is 39.0 Å². The molecule has 0 heterocycles. The zero-order valence-corrected chi connectivity index (χ0v) is 11.5. The van der Waals surface area contributed by atoms with Crippen LogP contribution in [-0.4, -0.2) is 43.5 Å². The van der Waals surface area contributed by atoms with Gasteiger partial charge < -0.3 is 16.0 Å². The molecule has 1 fully saturated rings. The van der Waals surface area contributed by atoms with Gasteiger partial charge in [-0.05, 0) is 32.9 Å². The van der Waals surface area contributed by atoms with Crippen LogP contribution in [0.3, 0.4) is 0 Å². The van der Waals surface area contributed by atoms with E-state index in [0.29, 0.717) is 13.0 Å². The summed E-state index contributed by atoms with van der Waals surface area (Å²) in [6.45, 7) is 3.98. The Kier molecular flexibility index (Phi) is 5.40. The van der Waals surface area contributed by atoms with Crippen molar-refractivity contribution in [3.05, 3.63) is 0 Å². The summed E-state index contributed by atoms with van der Waals surface area (Å²) in [4.78, 5) is 13.0. The van der Waals surface area contributed by atoms with Crippen molar-refractivity contribution in [1.29, 1.82) is 0 Å². The molecule has 2 unspecified atom stereocenters. The van der Waals surface area contributed by atoms with Crippen molar-refractivity contribution in [3.63, 3.8) is 0 Å². The Morgan fingerprint density at radius 2 is 2.24 bits per heavy atom. The fourth-order valence-electron chi connectivity index (χ4n) is 2.89. The van der Waals surface area contributed by atoms with Crippen LogP contribution >= 0.6 is 0 Å². The molecule has 3 N–H and O–H groups in total. The third kappa shape index (κ3) is 4.28. The summed E-state index contributed by atoms with van der Waals surface area (Å²) in [7, 11) is 4.32. The molecular formula is C13H27N3O. The number of hydrogen-bond acceptors (Lipinski definition) is 3. The average Bonchev–Trinajstić information content (AvgIpc) is 2.24. The molecule has 0 aromatic rings. The first kappa shape index (κ1) is 14.5. The van der Waals surface area contributed by atoms with Gasteiger partial charge in [-0.1, -0.05) is 19.8 Å². The summed E-state index contributed by atoms with van der Waals surface area (Å²) in [5.74, 6) is 0.567. The number of nitrogens with zero attached hydrogens (tertiary/aromatic N) is 1. The van der Waals surface area contributed by atoms with Crippen molar-refractivity contribution in [3.8, 4) is 0 Å². The van der Waals surface area contributed by atoms with Crippen LogP contribution in [-0.2, 0) is 4.79 Å². The predicted molar refractivity (Wildman–Crippen MR) is 70.7 cm³/mol. The zero-order chi connectivity index (χ0) is 12.9. The second kappa shape index (κ2) is 6.36. The third-order valence-corrected chi connectivity index (χ3v) is 4.02. The van der Waals surface area contributed by atoms with Gasteiger partial charge in [-0.2, -0.15) is 0 Å². The summed E-state index contributed by atoms with van der Waals surface area (Å²) in [5, 5.41) is 3.39. The lowest BCUT2D eigenvalue weighted by atomic mass is 9.75. The average molecular weight is 241 g/mol. The van der Waals surface area contributed by atoms with Crippen LogP contribution in [0.2, 0.25) is 0 Å². The molecule has 1 aliphatic rings. The number of nitrogens with two attached hydrogens (primary N) is 1. The lowest BCUT2D eigenvalue weighted by Crippen LogP contribution is -2.54. The Bertz CT molecular complexity index is 255. The second-order valence-corrected chi connectivity index (χ2v) is 5.71. The zero-order valence-electron chi connectivity index (χ0n) is 11.5. The molecule has 0 aromatic carbocycles. The molecule has 0 spiro atoms. The molecule has 0 aliphatic heterocycles. The molecule has 1 aliphatic carbocycles. The molecule has 17 heavy (non-hydrogen) atoms. The van der Waals surface area contributed by atoms with Crippen LogP contribution in [0.4, 0.5) is 0 Å². The van der Waals surface area contributed by atoms with Gasteiger partial charge in [-0.15, -0.1) is 0 Å². The van der Waals surface area contributed by atoms with Crippen molar-refractivity contribution in [2.75, 3.05) is 27.2 Å². The van der Waals surface area contributed by atoms with E-state index in [1.165, 1.54) is 25.7 Å². The largest absolute Gasteiger partial charge is 0.370 e. The van der Waals surface area contributed by atoms with Gasteiger partial charge >= 0.3 is 0 Å². The van der Waals surface area contributed by atoms with Crippen LogP contribution in [0.15, 0.2) is 0 Å². The normalized spacial score (nSPS) is 29.5. The van der Waals surface area contributed by atoms with Crippen LogP contribution in [0.25, 0.3) is 0 Å². The molecule has 1 saturated carbocycles. The number of carbonyl (C=O) groups excluding carboxylic acids is 1. The Morgan fingerprint density at radius 3 is 2.76 bits per heavy atom. The molecule has 4 heteroatoms. The lowest BCUT2D eigenvalue weighted by Gasteiger charge is -2.45. The smallest absolute Gasteiger partial charge is 0.218 e. The first-order valence-corrected chi connectivity index (χ1v) is 6.63. The molecule has 4 nitrogen and oxygen atoms in total. The summed E-state index contributed by atoms with van der Waals surface area (Å²) in [5.41, 5.74) is 5.40. The minimum atomic E-state index is -0.228. The van der Waals surface area contributed by atoms with E-state index in [1.807, 2.05) is 0 Å². The summed E-state index contributed by atoms with van der Waals surface area (Å²) < 4.78 is 0. The monoisotopic (exact) mass is 241 g/mol. The molecule has 0 radical (unpaired) electrons.